The maximum Gasteiger partial charge on any atom is 0.222 e. The Bertz CT molecular complexity index is 321. The van der Waals surface area contributed by atoms with Gasteiger partial charge in [0.05, 0.1) is 6.10 Å². The molecule has 4 heteroatoms. The minimum atomic E-state index is 0.325. The number of hydrogen-bond donors (Lipinski definition) is 1. The van der Waals surface area contributed by atoms with Crippen LogP contribution in [0.5, 0.6) is 0 Å². The summed E-state index contributed by atoms with van der Waals surface area (Å²) in [6, 6.07) is 0. The van der Waals surface area contributed by atoms with Gasteiger partial charge in [-0.1, -0.05) is 39.0 Å². The maximum absolute atomic E-state index is 12.5. The van der Waals surface area contributed by atoms with Gasteiger partial charge in [-0.3, -0.25) is 4.79 Å². The molecule has 2 aliphatic rings. The summed E-state index contributed by atoms with van der Waals surface area (Å²) in [5, 5.41) is 0. The van der Waals surface area contributed by atoms with Crippen LogP contribution >= 0.6 is 0 Å². The zero-order valence-corrected chi connectivity index (χ0v) is 14.3. The highest BCUT2D eigenvalue weighted by atomic mass is 16.5. The fourth-order valence-electron chi connectivity index (χ4n) is 3.88. The first-order valence-electron chi connectivity index (χ1n) is 9.30. The van der Waals surface area contributed by atoms with E-state index in [1.807, 2.05) is 0 Å². The Balaban J connectivity index is 1.66. The average molecular weight is 310 g/mol. The standard InChI is InChI=1S/C18H34N2O2/c1-15(16-6-3-2-4-7-16)14-18(21)20-11-8-17(9-12-20)22-13-5-10-19/h15-17H,2-14,19H2,1H3. The van der Waals surface area contributed by atoms with Crippen LogP contribution < -0.4 is 5.73 Å². The van der Waals surface area contributed by atoms with Gasteiger partial charge in [-0.05, 0) is 37.6 Å². The largest absolute Gasteiger partial charge is 0.378 e. The Morgan fingerprint density at radius 2 is 1.86 bits per heavy atom. The first-order valence-corrected chi connectivity index (χ1v) is 9.30. The molecule has 1 atom stereocenters. The van der Waals surface area contributed by atoms with Gasteiger partial charge in [-0.2, -0.15) is 0 Å². The Hall–Kier alpha value is -0.610. The lowest BCUT2D eigenvalue weighted by molar-refractivity contribution is -0.135. The van der Waals surface area contributed by atoms with Gasteiger partial charge in [0, 0.05) is 26.1 Å². The lowest BCUT2D eigenvalue weighted by Crippen LogP contribution is -2.41. The second kappa shape index (κ2) is 9.51. The molecule has 22 heavy (non-hydrogen) atoms. The summed E-state index contributed by atoms with van der Waals surface area (Å²) < 4.78 is 5.81. The highest BCUT2D eigenvalue weighted by Crippen LogP contribution is 2.32. The van der Waals surface area contributed by atoms with E-state index in [1.165, 1.54) is 32.1 Å². The molecule has 2 fully saturated rings. The highest BCUT2D eigenvalue weighted by Gasteiger charge is 2.27. The van der Waals surface area contributed by atoms with Gasteiger partial charge in [0.15, 0.2) is 0 Å². The van der Waals surface area contributed by atoms with Crippen molar-refractivity contribution < 1.29 is 9.53 Å². The van der Waals surface area contributed by atoms with Crippen molar-refractivity contribution in [2.45, 2.75) is 70.8 Å². The van der Waals surface area contributed by atoms with E-state index >= 15 is 0 Å². The molecule has 1 saturated heterocycles. The Labute approximate surface area is 135 Å². The van der Waals surface area contributed by atoms with E-state index in [4.69, 9.17) is 10.5 Å². The minimum Gasteiger partial charge on any atom is -0.378 e. The van der Waals surface area contributed by atoms with E-state index in [1.54, 1.807) is 0 Å². The Morgan fingerprint density at radius 3 is 2.50 bits per heavy atom. The summed E-state index contributed by atoms with van der Waals surface area (Å²) in [5.74, 6) is 1.68. The molecule has 0 bridgehead atoms. The van der Waals surface area contributed by atoms with Crippen LogP contribution in [0.2, 0.25) is 0 Å². The third-order valence-corrected chi connectivity index (χ3v) is 5.45. The fraction of sp³-hybridized carbons (Fsp3) is 0.944. The van der Waals surface area contributed by atoms with E-state index in [0.29, 0.717) is 24.5 Å². The van der Waals surface area contributed by atoms with Crippen molar-refractivity contribution in [3.05, 3.63) is 0 Å². The van der Waals surface area contributed by atoms with Crippen LogP contribution in [-0.4, -0.2) is 43.2 Å². The first-order chi connectivity index (χ1) is 10.7. The molecule has 1 aliphatic carbocycles. The zero-order chi connectivity index (χ0) is 15.8. The molecule has 1 saturated carbocycles. The minimum absolute atomic E-state index is 0.325. The fourth-order valence-corrected chi connectivity index (χ4v) is 3.88. The van der Waals surface area contributed by atoms with E-state index in [9.17, 15) is 4.79 Å². The molecular formula is C18H34N2O2. The number of hydrogen-bond acceptors (Lipinski definition) is 3. The van der Waals surface area contributed by atoms with Gasteiger partial charge in [0.2, 0.25) is 5.91 Å². The number of rotatable bonds is 7. The van der Waals surface area contributed by atoms with Crippen LogP contribution in [0.3, 0.4) is 0 Å². The predicted molar refractivity (Wildman–Crippen MR) is 89.6 cm³/mol. The molecule has 0 aromatic heterocycles. The summed E-state index contributed by atoms with van der Waals surface area (Å²) in [6.07, 6.45) is 10.7. The number of nitrogens with zero attached hydrogens (tertiary/aromatic N) is 1. The smallest absolute Gasteiger partial charge is 0.222 e. The normalized spacial score (nSPS) is 22.7. The number of ether oxygens (including phenoxy) is 1. The van der Waals surface area contributed by atoms with Crippen molar-refractivity contribution in [2.75, 3.05) is 26.2 Å². The van der Waals surface area contributed by atoms with Crippen LogP contribution in [0, 0.1) is 11.8 Å². The summed E-state index contributed by atoms with van der Waals surface area (Å²) >= 11 is 0. The average Bonchev–Trinajstić information content (AvgIpc) is 2.56. The monoisotopic (exact) mass is 310 g/mol. The molecule has 1 aliphatic heterocycles. The molecule has 0 aromatic carbocycles. The Morgan fingerprint density at radius 1 is 1.18 bits per heavy atom. The second-order valence-electron chi connectivity index (χ2n) is 7.17. The van der Waals surface area contributed by atoms with Crippen molar-refractivity contribution in [1.82, 2.24) is 4.90 Å². The van der Waals surface area contributed by atoms with Gasteiger partial charge in [-0.25, -0.2) is 0 Å². The topological polar surface area (TPSA) is 55.6 Å². The summed E-state index contributed by atoms with van der Waals surface area (Å²) in [7, 11) is 0. The molecule has 0 radical (unpaired) electrons. The van der Waals surface area contributed by atoms with Crippen molar-refractivity contribution in [3.63, 3.8) is 0 Å². The molecule has 2 N–H and O–H groups in total. The molecular weight excluding hydrogens is 276 g/mol. The SMILES string of the molecule is CC(CC(=O)N1CCC(OCCCN)CC1)C1CCCCC1. The van der Waals surface area contributed by atoms with E-state index < -0.39 is 0 Å². The predicted octanol–water partition coefficient (Wildman–Crippen LogP) is 2.95. The van der Waals surface area contributed by atoms with Gasteiger partial charge in [-0.15, -0.1) is 0 Å². The van der Waals surface area contributed by atoms with Crippen molar-refractivity contribution in [3.8, 4) is 0 Å². The number of amides is 1. The van der Waals surface area contributed by atoms with Crippen LogP contribution in [0.15, 0.2) is 0 Å². The second-order valence-corrected chi connectivity index (χ2v) is 7.17. The molecule has 0 aromatic rings. The number of likely N-dealkylation sites (tertiary alicyclic amines) is 1. The van der Waals surface area contributed by atoms with Crippen molar-refractivity contribution >= 4 is 5.91 Å². The summed E-state index contributed by atoms with van der Waals surface area (Å²) in [6.45, 7) is 5.45. The van der Waals surface area contributed by atoms with E-state index in [2.05, 4.69) is 11.8 Å². The molecule has 1 unspecified atom stereocenters. The number of carbonyl (C=O) groups is 1. The maximum atomic E-state index is 12.5. The third-order valence-electron chi connectivity index (χ3n) is 5.45. The molecule has 4 nitrogen and oxygen atoms in total. The van der Waals surface area contributed by atoms with Crippen LogP contribution in [0.25, 0.3) is 0 Å². The molecule has 1 heterocycles. The lowest BCUT2D eigenvalue weighted by Gasteiger charge is -2.34. The lowest BCUT2D eigenvalue weighted by atomic mass is 9.79. The van der Waals surface area contributed by atoms with Crippen LogP contribution in [-0.2, 0) is 9.53 Å². The van der Waals surface area contributed by atoms with Gasteiger partial charge >= 0.3 is 0 Å². The third kappa shape index (κ3) is 5.54. The number of nitrogens with two attached hydrogens (primary N) is 1. The molecule has 128 valence electrons. The number of carbonyl (C=O) groups excluding carboxylic acids is 1. The van der Waals surface area contributed by atoms with Gasteiger partial charge in [0.1, 0.15) is 0 Å². The first kappa shape index (κ1) is 17.7. The Kier molecular flexibility index (Phi) is 7.67. The number of piperidine rings is 1. The van der Waals surface area contributed by atoms with Gasteiger partial charge in [0.25, 0.3) is 0 Å². The van der Waals surface area contributed by atoms with Crippen LogP contribution in [0.4, 0.5) is 0 Å². The quantitative estimate of drug-likeness (QED) is 0.736. The molecule has 2 rings (SSSR count). The highest BCUT2D eigenvalue weighted by molar-refractivity contribution is 5.76. The van der Waals surface area contributed by atoms with Crippen LogP contribution in [0.1, 0.15) is 64.7 Å². The summed E-state index contributed by atoms with van der Waals surface area (Å²) in [4.78, 5) is 14.5. The van der Waals surface area contributed by atoms with E-state index in [-0.39, 0.29) is 0 Å². The molecule has 1 amide bonds. The van der Waals surface area contributed by atoms with Crippen molar-refractivity contribution in [2.24, 2.45) is 17.6 Å². The van der Waals surface area contributed by atoms with E-state index in [0.717, 1.165) is 51.3 Å². The van der Waals surface area contributed by atoms with Crippen molar-refractivity contribution in [1.29, 1.82) is 0 Å². The van der Waals surface area contributed by atoms with Gasteiger partial charge < -0.3 is 15.4 Å². The zero-order valence-electron chi connectivity index (χ0n) is 14.3. The molecule has 0 spiro atoms. The summed E-state index contributed by atoms with van der Waals surface area (Å²) in [5.41, 5.74) is 5.48.